The second kappa shape index (κ2) is 8.92. The molecule has 0 amide bonds. The maximum absolute atomic E-state index is 12.8. The van der Waals surface area contributed by atoms with Crippen molar-refractivity contribution in [3.8, 4) is 11.3 Å². The molecule has 7 nitrogen and oxygen atoms in total. The first-order chi connectivity index (χ1) is 13.9. The van der Waals surface area contributed by atoms with Crippen molar-refractivity contribution >= 4 is 16.0 Å². The Morgan fingerprint density at radius 3 is 2.59 bits per heavy atom. The molecule has 1 N–H and O–H groups in total. The summed E-state index contributed by atoms with van der Waals surface area (Å²) in [5.74, 6) is -0.218. The van der Waals surface area contributed by atoms with Crippen LogP contribution in [0.5, 0.6) is 0 Å². The molecule has 0 saturated heterocycles. The van der Waals surface area contributed by atoms with Gasteiger partial charge in [0.25, 0.3) is 0 Å². The van der Waals surface area contributed by atoms with Crippen LogP contribution in [0, 0.1) is 5.41 Å². The Morgan fingerprint density at radius 2 is 2.03 bits per heavy atom. The lowest BCUT2D eigenvalue weighted by atomic mass is 9.70. The molecule has 1 aromatic carbocycles. The van der Waals surface area contributed by atoms with E-state index in [-0.39, 0.29) is 16.9 Å². The number of oxazole rings is 1. The largest absolute Gasteiger partial charge is 0.466 e. The number of carbonyl (C=O) groups is 1. The predicted molar refractivity (Wildman–Crippen MR) is 108 cm³/mol. The number of nitrogens with one attached hydrogen (secondary N) is 1. The Labute approximate surface area is 171 Å². The highest BCUT2D eigenvalue weighted by molar-refractivity contribution is 7.89. The average Bonchev–Trinajstić information content (AvgIpc) is 3.25. The minimum atomic E-state index is -3.66. The zero-order valence-electron chi connectivity index (χ0n) is 16.5. The quantitative estimate of drug-likeness (QED) is 0.519. The number of benzene rings is 1. The number of ether oxygens (including phenoxy) is 1. The Kier molecular flexibility index (Phi) is 6.54. The molecule has 0 unspecified atom stereocenters. The van der Waals surface area contributed by atoms with Gasteiger partial charge in [-0.2, -0.15) is 0 Å². The summed E-state index contributed by atoms with van der Waals surface area (Å²) in [6.07, 6.45) is 7.38. The molecule has 29 heavy (non-hydrogen) atoms. The Balaban J connectivity index is 1.65. The normalized spacial score (nSPS) is 22.2. The van der Waals surface area contributed by atoms with Gasteiger partial charge in [-0.25, -0.2) is 18.1 Å². The molecule has 3 rings (SSSR count). The van der Waals surface area contributed by atoms with Crippen molar-refractivity contribution < 1.29 is 22.4 Å². The van der Waals surface area contributed by atoms with Crippen LogP contribution in [0.1, 0.15) is 39.0 Å². The minimum Gasteiger partial charge on any atom is -0.466 e. The van der Waals surface area contributed by atoms with Crippen LogP contribution < -0.4 is 4.72 Å². The molecular weight excluding hydrogens is 392 g/mol. The first-order valence-corrected chi connectivity index (χ1v) is 11.2. The van der Waals surface area contributed by atoms with Gasteiger partial charge < -0.3 is 9.15 Å². The van der Waals surface area contributed by atoms with E-state index in [9.17, 15) is 13.2 Å². The fraction of sp³-hybridized carbons (Fsp3) is 0.429. The van der Waals surface area contributed by atoms with Gasteiger partial charge in [0.1, 0.15) is 12.0 Å². The molecule has 0 spiro atoms. The van der Waals surface area contributed by atoms with E-state index in [1.165, 1.54) is 12.7 Å². The molecule has 0 aliphatic heterocycles. The van der Waals surface area contributed by atoms with E-state index in [0.29, 0.717) is 44.4 Å². The minimum absolute atomic E-state index is 0.193. The third-order valence-electron chi connectivity index (χ3n) is 5.40. The summed E-state index contributed by atoms with van der Waals surface area (Å²) in [6.45, 7) is 5.87. The summed E-state index contributed by atoms with van der Waals surface area (Å²) < 4.78 is 38.5. The van der Waals surface area contributed by atoms with Crippen molar-refractivity contribution in [2.75, 3.05) is 6.61 Å². The molecule has 1 aliphatic carbocycles. The van der Waals surface area contributed by atoms with Gasteiger partial charge in [-0.1, -0.05) is 18.2 Å². The van der Waals surface area contributed by atoms with Crippen LogP contribution in [0.2, 0.25) is 0 Å². The van der Waals surface area contributed by atoms with Crippen LogP contribution >= 0.6 is 0 Å². The first kappa shape index (κ1) is 21.3. The van der Waals surface area contributed by atoms with Crippen LogP contribution in [0.15, 0.2) is 58.9 Å². The van der Waals surface area contributed by atoms with Gasteiger partial charge in [-0.05, 0) is 51.2 Å². The van der Waals surface area contributed by atoms with Crippen molar-refractivity contribution in [3.05, 3.63) is 49.6 Å². The second-order valence-electron chi connectivity index (χ2n) is 7.29. The number of allylic oxidation sites excluding steroid dienone is 1. The molecule has 0 bridgehead atoms. The average molecular weight is 419 g/mol. The number of esters is 1. The fourth-order valence-electron chi connectivity index (χ4n) is 3.79. The van der Waals surface area contributed by atoms with Gasteiger partial charge in [0.05, 0.1) is 16.9 Å². The summed E-state index contributed by atoms with van der Waals surface area (Å²) in [6, 6.07) is 6.28. The number of nitrogens with zero attached hydrogens (tertiary/aromatic N) is 1. The Bertz CT molecular complexity index is 928. The summed E-state index contributed by atoms with van der Waals surface area (Å²) in [4.78, 5) is 16.7. The number of hydrogen-bond donors (Lipinski definition) is 1. The number of sulfonamides is 1. The lowest BCUT2D eigenvalue weighted by molar-refractivity contribution is -0.157. The Morgan fingerprint density at radius 1 is 1.34 bits per heavy atom. The van der Waals surface area contributed by atoms with Crippen LogP contribution in [-0.4, -0.2) is 32.0 Å². The summed E-state index contributed by atoms with van der Waals surface area (Å²) in [5, 5.41) is 0. The van der Waals surface area contributed by atoms with Gasteiger partial charge >= 0.3 is 5.97 Å². The lowest BCUT2D eigenvalue weighted by Crippen LogP contribution is -2.44. The summed E-state index contributed by atoms with van der Waals surface area (Å²) in [7, 11) is -3.66. The third kappa shape index (κ3) is 4.76. The van der Waals surface area contributed by atoms with Gasteiger partial charge in [-0.3, -0.25) is 4.79 Å². The Hall–Kier alpha value is -2.45. The van der Waals surface area contributed by atoms with Gasteiger partial charge in [0, 0.05) is 11.6 Å². The number of carbonyl (C=O) groups excluding carboxylic acids is 1. The van der Waals surface area contributed by atoms with Crippen LogP contribution in [0.4, 0.5) is 0 Å². The predicted octanol–water partition coefficient (Wildman–Crippen LogP) is 3.69. The number of aromatic nitrogens is 1. The molecule has 1 aromatic heterocycles. The summed E-state index contributed by atoms with van der Waals surface area (Å²) >= 11 is 0. The SMILES string of the molecule is C=CCC1(C(=O)OCC)CCC(NS(=O)(=O)c2ccc(-c3cocn3)cc2)CC1. The zero-order valence-corrected chi connectivity index (χ0v) is 17.3. The molecule has 1 fully saturated rings. The van der Waals surface area contributed by atoms with Crippen molar-refractivity contribution in [1.82, 2.24) is 9.71 Å². The zero-order chi connectivity index (χ0) is 20.9. The van der Waals surface area contributed by atoms with E-state index in [0.717, 1.165) is 5.56 Å². The van der Waals surface area contributed by atoms with Gasteiger partial charge in [0.15, 0.2) is 6.39 Å². The van der Waals surface area contributed by atoms with Crippen LogP contribution in [0.3, 0.4) is 0 Å². The molecule has 1 aliphatic rings. The first-order valence-electron chi connectivity index (χ1n) is 9.69. The van der Waals surface area contributed by atoms with Gasteiger partial charge in [-0.15, -0.1) is 6.58 Å². The maximum Gasteiger partial charge on any atom is 0.312 e. The van der Waals surface area contributed by atoms with E-state index in [2.05, 4.69) is 16.3 Å². The molecule has 0 radical (unpaired) electrons. The topological polar surface area (TPSA) is 98.5 Å². The molecule has 2 aromatic rings. The monoisotopic (exact) mass is 418 g/mol. The highest BCUT2D eigenvalue weighted by Gasteiger charge is 2.42. The number of hydrogen-bond acceptors (Lipinski definition) is 6. The maximum atomic E-state index is 12.8. The number of rotatable bonds is 8. The highest BCUT2D eigenvalue weighted by Crippen LogP contribution is 2.41. The summed E-state index contributed by atoms with van der Waals surface area (Å²) in [5.41, 5.74) is 0.824. The van der Waals surface area contributed by atoms with E-state index in [1.807, 2.05) is 0 Å². The van der Waals surface area contributed by atoms with Crippen molar-refractivity contribution in [1.29, 1.82) is 0 Å². The third-order valence-corrected chi connectivity index (χ3v) is 6.94. The van der Waals surface area contributed by atoms with Crippen LogP contribution in [0.25, 0.3) is 11.3 Å². The fourth-order valence-corrected chi connectivity index (χ4v) is 5.09. The van der Waals surface area contributed by atoms with Crippen molar-refractivity contribution in [3.63, 3.8) is 0 Å². The smallest absolute Gasteiger partial charge is 0.312 e. The van der Waals surface area contributed by atoms with Crippen molar-refractivity contribution in [2.24, 2.45) is 5.41 Å². The second-order valence-corrected chi connectivity index (χ2v) is 9.00. The molecule has 1 saturated carbocycles. The molecular formula is C21H26N2O5S. The lowest BCUT2D eigenvalue weighted by Gasteiger charge is -2.37. The van der Waals surface area contributed by atoms with E-state index >= 15 is 0 Å². The molecule has 8 heteroatoms. The van der Waals surface area contributed by atoms with Gasteiger partial charge in [0.2, 0.25) is 10.0 Å². The molecule has 0 atom stereocenters. The highest BCUT2D eigenvalue weighted by atomic mass is 32.2. The van der Waals surface area contributed by atoms with Crippen molar-refractivity contribution in [2.45, 2.75) is 50.0 Å². The molecule has 1 heterocycles. The molecule has 156 valence electrons. The van der Waals surface area contributed by atoms with E-state index in [1.54, 1.807) is 37.3 Å². The standard InChI is InChI=1S/C21H26N2O5S/c1-3-11-21(20(24)28-4-2)12-9-17(10-13-21)23-29(25,26)18-7-5-16(6-8-18)19-14-27-15-22-19/h3,5-8,14-15,17,23H,1,4,9-13H2,2H3. The van der Waals surface area contributed by atoms with E-state index < -0.39 is 15.4 Å². The van der Waals surface area contributed by atoms with E-state index in [4.69, 9.17) is 9.15 Å². The van der Waals surface area contributed by atoms with Crippen LogP contribution in [-0.2, 0) is 19.6 Å².